The first-order chi connectivity index (χ1) is 8.05. The van der Waals surface area contributed by atoms with Crippen molar-refractivity contribution in [2.24, 2.45) is 4.99 Å². The van der Waals surface area contributed by atoms with Gasteiger partial charge < -0.3 is 5.32 Å². The minimum Gasteiger partial charge on any atom is -0.361 e. The molecule has 0 amide bonds. The van der Waals surface area contributed by atoms with Crippen LogP contribution in [-0.4, -0.2) is 32.1 Å². The summed E-state index contributed by atoms with van der Waals surface area (Å²) in [5, 5.41) is 4.19. The molecular formula is C11H14N2O2S2. The highest BCUT2D eigenvalue weighted by molar-refractivity contribution is 8.14. The second-order valence-electron chi connectivity index (χ2n) is 3.81. The summed E-state index contributed by atoms with van der Waals surface area (Å²) in [7, 11) is -3.10. The molecule has 1 aliphatic rings. The van der Waals surface area contributed by atoms with Gasteiger partial charge in [0.1, 0.15) is 0 Å². The molecule has 4 nitrogen and oxygen atoms in total. The third kappa shape index (κ3) is 3.47. The molecule has 0 saturated carbocycles. The van der Waals surface area contributed by atoms with Crippen LogP contribution in [0.4, 0.5) is 0 Å². The lowest BCUT2D eigenvalue weighted by atomic mass is 10.2. The van der Waals surface area contributed by atoms with Gasteiger partial charge in [-0.3, -0.25) is 4.99 Å². The Morgan fingerprint density at radius 3 is 2.59 bits per heavy atom. The Kier molecular flexibility index (Phi) is 3.73. The van der Waals surface area contributed by atoms with E-state index in [2.05, 4.69) is 10.3 Å². The Bertz CT molecular complexity index is 521. The number of rotatable bonds is 3. The monoisotopic (exact) mass is 270 g/mol. The van der Waals surface area contributed by atoms with Crippen LogP contribution in [-0.2, 0) is 16.4 Å². The van der Waals surface area contributed by atoms with E-state index in [1.54, 1.807) is 23.9 Å². The van der Waals surface area contributed by atoms with E-state index in [9.17, 15) is 8.42 Å². The summed E-state index contributed by atoms with van der Waals surface area (Å²) in [5.41, 5.74) is 1.05. The van der Waals surface area contributed by atoms with Crippen LogP contribution in [0.15, 0.2) is 34.2 Å². The molecule has 2 rings (SSSR count). The Morgan fingerprint density at radius 2 is 2.06 bits per heavy atom. The summed E-state index contributed by atoms with van der Waals surface area (Å²) in [6.07, 6.45) is 1.21. The molecule has 6 heteroatoms. The normalized spacial score (nSPS) is 15.7. The largest absolute Gasteiger partial charge is 0.361 e. The number of thioether (sulfide) groups is 1. The van der Waals surface area contributed by atoms with Crippen molar-refractivity contribution in [1.82, 2.24) is 5.32 Å². The maximum absolute atomic E-state index is 11.3. The smallest absolute Gasteiger partial charge is 0.175 e. The van der Waals surface area contributed by atoms with Crippen LogP contribution in [0.5, 0.6) is 0 Å². The Balaban J connectivity index is 1.98. The fourth-order valence-electron chi connectivity index (χ4n) is 1.47. The fourth-order valence-corrected chi connectivity index (χ4v) is 2.84. The maximum atomic E-state index is 11.3. The number of benzene rings is 1. The van der Waals surface area contributed by atoms with Crippen LogP contribution >= 0.6 is 11.8 Å². The highest BCUT2D eigenvalue weighted by atomic mass is 32.2. The summed E-state index contributed by atoms with van der Waals surface area (Å²) in [4.78, 5) is 4.64. The average Bonchev–Trinajstić information content (AvgIpc) is 2.78. The van der Waals surface area contributed by atoms with Crippen LogP contribution in [0.1, 0.15) is 5.56 Å². The van der Waals surface area contributed by atoms with Crippen molar-refractivity contribution in [3.63, 3.8) is 0 Å². The molecule has 0 unspecified atom stereocenters. The van der Waals surface area contributed by atoms with Gasteiger partial charge in [-0.05, 0) is 17.7 Å². The topological polar surface area (TPSA) is 58.5 Å². The number of hydrogen-bond donors (Lipinski definition) is 1. The van der Waals surface area contributed by atoms with Crippen LogP contribution in [0.3, 0.4) is 0 Å². The van der Waals surface area contributed by atoms with E-state index in [0.717, 1.165) is 23.0 Å². The first-order valence-electron chi connectivity index (χ1n) is 5.26. The number of aliphatic imine (C=N–C) groups is 1. The van der Waals surface area contributed by atoms with E-state index in [0.29, 0.717) is 11.4 Å². The summed E-state index contributed by atoms with van der Waals surface area (Å²) in [6, 6.07) is 6.92. The lowest BCUT2D eigenvalue weighted by molar-refractivity contribution is 0.602. The molecule has 0 fully saturated rings. The van der Waals surface area contributed by atoms with Gasteiger partial charge in [0.25, 0.3) is 0 Å². The summed E-state index contributed by atoms with van der Waals surface area (Å²) in [5.74, 6) is 1.04. The third-order valence-corrected chi connectivity index (χ3v) is 4.44. The van der Waals surface area contributed by atoms with Crippen molar-refractivity contribution in [2.75, 3.05) is 18.6 Å². The highest BCUT2D eigenvalue weighted by Gasteiger charge is 2.08. The zero-order valence-corrected chi connectivity index (χ0v) is 11.1. The predicted molar refractivity (Wildman–Crippen MR) is 71.2 cm³/mol. The number of sulfone groups is 1. The first-order valence-corrected chi connectivity index (χ1v) is 8.13. The zero-order valence-electron chi connectivity index (χ0n) is 9.51. The first kappa shape index (κ1) is 12.4. The quantitative estimate of drug-likeness (QED) is 0.899. The summed E-state index contributed by atoms with van der Waals surface area (Å²) >= 11 is 1.71. The standard InChI is InChI=1S/C11H14N2O2S2/c1-17(14,15)10-4-2-9(3-5-10)8-13-11-12-6-7-16-11/h2-5H,6-8H2,1H3,(H,12,13). The van der Waals surface area contributed by atoms with Crippen molar-refractivity contribution in [3.8, 4) is 0 Å². The summed E-state index contributed by atoms with van der Waals surface area (Å²) in [6.45, 7) is 1.55. The number of hydrogen-bond acceptors (Lipinski definition) is 5. The van der Waals surface area contributed by atoms with Crippen molar-refractivity contribution in [2.45, 2.75) is 11.4 Å². The number of amidine groups is 1. The van der Waals surface area contributed by atoms with E-state index in [4.69, 9.17) is 0 Å². The van der Waals surface area contributed by atoms with Crippen LogP contribution in [0.25, 0.3) is 0 Å². The van der Waals surface area contributed by atoms with Crippen molar-refractivity contribution in [1.29, 1.82) is 0 Å². The van der Waals surface area contributed by atoms with Gasteiger partial charge in [-0.2, -0.15) is 0 Å². The Labute approximate surface area is 105 Å². The molecule has 0 saturated heterocycles. The predicted octanol–water partition coefficient (Wildman–Crippen LogP) is 1.28. The van der Waals surface area contributed by atoms with E-state index < -0.39 is 9.84 Å². The lowest BCUT2D eigenvalue weighted by Gasteiger charge is -2.05. The molecule has 1 heterocycles. The minimum atomic E-state index is -3.10. The van der Waals surface area contributed by atoms with Gasteiger partial charge in [0.15, 0.2) is 15.0 Å². The third-order valence-electron chi connectivity index (χ3n) is 2.38. The van der Waals surface area contributed by atoms with Gasteiger partial charge in [-0.15, -0.1) is 0 Å². The highest BCUT2D eigenvalue weighted by Crippen LogP contribution is 2.12. The van der Waals surface area contributed by atoms with Gasteiger partial charge in [0.05, 0.1) is 11.4 Å². The fraction of sp³-hybridized carbons (Fsp3) is 0.364. The lowest BCUT2D eigenvalue weighted by Crippen LogP contribution is -2.18. The Hall–Kier alpha value is -1.01. The molecule has 0 bridgehead atoms. The Morgan fingerprint density at radius 1 is 1.35 bits per heavy atom. The molecule has 0 radical (unpaired) electrons. The molecule has 1 N–H and O–H groups in total. The second kappa shape index (κ2) is 5.10. The van der Waals surface area contributed by atoms with E-state index in [-0.39, 0.29) is 0 Å². The molecule has 0 atom stereocenters. The van der Waals surface area contributed by atoms with Crippen molar-refractivity contribution in [3.05, 3.63) is 29.8 Å². The zero-order chi connectivity index (χ0) is 12.3. The SMILES string of the molecule is CS(=O)(=O)c1ccc(CNC2=NCCS2)cc1. The molecule has 1 aromatic rings. The molecule has 92 valence electrons. The van der Waals surface area contributed by atoms with Gasteiger partial charge in [-0.1, -0.05) is 23.9 Å². The maximum Gasteiger partial charge on any atom is 0.175 e. The molecule has 0 aromatic heterocycles. The second-order valence-corrected chi connectivity index (χ2v) is 6.90. The van der Waals surface area contributed by atoms with E-state index >= 15 is 0 Å². The average molecular weight is 270 g/mol. The van der Waals surface area contributed by atoms with Crippen molar-refractivity contribution < 1.29 is 8.42 Å². The van der Waals surface area contributed by atoms with Crippen LogP contribution < -0.4 is 5.32 Å². The van der Waals surface area contributed by atoms with Gasteiger partial charge in [0, 0.05) is 18.6 Å². The minimum absolute atomic E-state index is 0.355. The van der Waals surface area contributed by atoms with Gasteiger partial charge >= 0.3 is 0 Å². The summed E-state index contributed by atoms with van der Waals surface area (Å²) < 4.78 is 22.5. The molecule has 0 aliphatic carbocycles. The van der Waals surface area contributed by atoms with E-state index in [1.807, 2.05) is 12.1 Å². The van der Waals surface area contributed by atoms with E-state index in [1.165, 1.54) is 6.26 Å². The number of nitrogens with zero attached hydrogens (tertiary/aromatic N) is 1. The molecule has 17 heavy (non-hydrogen) atoms. The molecule has 1 aliphatic heterocycles. The molecular weight excluding hydrogens is 256 g/mol. The number of nitrogens with one attached hydrogen (secondary N) is 1. The van der Waals surface area contributed by atoms with Gasteiger partial charge in [0.2, 0.25) is 0 Å². The molecule has 0 spiro atoms. The van der Waals surface area contributed by atoms with Gasteiger partial charge in [-0.25, -0.2) is 8.42 Å². The van der Waals surface area contributed by atoms with Crippen LogP contribution in [0, 0.1) is 0 Å². The molecule has 1 aromatic carbocycles. The van der Waals surface area contributed by atoms with Crippen LogP contribution in [0.2, 0.25) is 0 Å². The van der Waals surface area contributed by atoms with Crippen molar-refractivity contribution >= 4 is 26.8 Å².